The fourth-order valence-corrected chi connectivity index (χ4v) is 5.25. The predicted octanol–water partition coefficient (Wildman–Crippen LogP) is 4.91. The van der Waals surface area contributed by atoms with E-state index < -0.39 is 0 Å². The Kier molecular flexibility index (Phi) is 7.79. The van der Waals surface area contributed by atoms with Crippen molar-refractivity contribution in [1.29, 1.82) is 0 Å². The number of phenols is 1. The molecule has 0 spiro atoms. The number of aliphatic hydroxyl groups excluding tert-OH is 1. The smallest absolute Gasteiger partial charge is 0.255 e. The molecule has 1 aliphatic rings. The summed E-state index contributed by atoms with van der Waals surface area (Å²) < 4.78 is 6.78. The molecule has 1 saturated carbocycles. The topological polar surface area (TPSA) is 82.0 Å². The molecule has 2 aromatic carbocycles. The molecule has 1 fully saturated rings. The molecule has 162 valence electrons. The minimum Gasteiger partial charge on any atom is -0.504 e. The summed E-state index contributed by atoms with van der Waals surface area (Å²) in [5.41, 5.74) is 2.03. The largest absolute Gasteiger partial charge is 0.504 e. The van der Waals surface area contributed by atoms with Crippen LogP contribution in [0.5, 0.6) is 11.5 Å². The van der Waals surface area contributed by atoms with Crippen LogP contribution >= 0.6 is 31.9 Å². The normalized spacial score (nSPS) is 19.0. The van der Waals surface area contributed by atoms with E-state index in [1.54, 1.807) is 6.07 Å². The molecule has 1 amide bonds. The molecule has 6 nitrogen and oxygen atoms in total. The summed E-state index contributed by atoms with van der Waals surface area (Å²) in [6.07, 6.45) is 3.46. The third-order valence-corrected chi connectivity index (χ3v) is 6.56. The Hall–Kier alpha value is -1.61. The van der Waals surface area contributed by atoms with Gasteiger partial charge in [0.2, 0.25) is 0 Å². The monoisotopic (exact) mass is 540 g/mol. The molecule has 0 heterocycles. The zero-order valence-corrected chi connectivity index (χ0v) is 20.2. The van der Waals surface area contributed by atoms with Gasteiger partial charge in [-0.25, -0.2) is 0 Å². The molecule has 0 unspecified atom stereocenters. The van der Waals surface area contributed by atoms with Crippen molar-refractivity contribution in [2.24, 2.45) is 0 Å². The summed E-state index contributed by atoms with van der Waals surface area (Å²) in [6.45, 7) is 0.629. The van der Waals surface area contributed by atoms with Crippen molar-refractivity contribution in [2.45, 2.75) is 44.4 Å². The molecule has 0 bridgehead atoms. The van der Waals surface area contributed by atoms with Crippen molar-refractivity contribution in [3.63, 3.8) is 0 Å². The number of hydrogen-bond acceptors (Lipinski definition) is 5. The molecule has 30 heavy (non-hydrogen) atoms. The Morgan fingerprint density at radius 2 is 2.03 bits per heavy atom. The minimum absolute atomic E-state index is 0.0177. The van der Waals surface area contributed by atoms with E-state index in [9.17, 15) is 15.0 Å². The molecule has 3 rings (SSSR count). The molecule has 0 aliphatic heterocycles. The van der Waals surface area contributed by atoms with Crippen LogP contribution in [0.3, 0.4) is 0 Å². The number of methoxy groups -OCH3 is 1. The molecule has 3 N–H and O–H groups in total. The number of amides is 1. The van der Waals surface area contributed by atoms with Crippen molar-refractivity contribution in [3.8, 4) is 11.5 Å². The van der Waals surface area contributed by atoms with E-state index in [4.69, 9.17) is 4.74 Å². The highest BCUT2D eigenvalue weighted by atomic mass is 79.9. The SMILES string of the molecule is COc1cc(C(=O)Nc2c(Br)cc(Br)cc2CN(C)[C@@H]2CCC[C@H](O)C2)ccc1O. The Balaban J connectivity index is 1.83. The molecular formula is C22H26Br2N2O4. The number of aliphatic hydroxyl groups is 1. The van der Waals surface area contributed by atoms with E-state index >= 15 is 0 Å². The van der Waals surface area contributed by atoms with E-state index in [2.05, 4.69) is 42.1 Å². The van der Waals surface area contributed by atoms with E-state index in [0.29, 0.717) is 23.8 Å². The summed E-state index contributed by atoms with van der Waals surface area (Å²) >= 11 is 7.10. The number of halogens is 2. The summed E-state index contributed by atoms with van der Waals surface area (Å²) in [6, 6.07) is 8.68. The van der Waals surface area contributed by atoms with Crippen LogP contribution in [0.1, 0.15) is 41.6 Å². The van der Waals surface area contributed by atoms with E-state index in [1.807, 2.05) is 19.2 Å². The summed E-state index contributed by atoms with van der Waals surface area (Å²) in [4.78, 5) is 15.1. The molecular weight excluding hydrogens is 516 g/mol. The van der Waals surface area contributed by atoms with Gasteiger partial charge in [-0.15, -0.1) is 0 Å². The average molecular weight is 542 g/mol. The highest BCUT2D eigenvalue weighted by molar-refractivity contribution is 9.11. The minimum atomic E-state index is -0.298. The summed E-state index contributed by atoms with van der Waals surface area (Å²) in [5.74, 6) is -0.0718. The third kappa shape index (κ3) is 5.55. The molecule has 2 aromatic rings. The number of aromatic hydroxyl groups is 1. The maximum absolute atomic E-state index is 12.9. The summed E-state index contributed by atoms with van der Waals surface area (Å²) in [5, 5.41) is 22.8. The Bertz CT molecular complexity index is 922. The summed E-state index contributed by atoms with van der Waals surface area (Å²) in [7, 11) is 3.49. The standard InChI is InChI=1S/C22H26Br2N2O4/c1-26(16-4-3-5-17(27)11-16)12-14-8-15(23)10-18(24)21(14)25-22(29)13-6-7-19(28)20(9-13)30-2/h6-10,16-17,27-28H,3-5,11-12H2,1-2H3,(H,25,29)/t16-,17+/m1/s1. The van der Waals surface area contributed by atoms with Gasteiger partial charge in [0.05, 0.1) is 18.9 Å². The van der Waals surface area contributed by atoms with Crippen molar-refractivity contribution >= 4 is 43.5 Å². The van der Waals surface area contributed by atoms with Gasteiger partial charge >= 0.3 is 0 Å². The van der Waals surface area contributed by atoms with Gasteiger partial charge in [-0.05, 0) is 84.6 Å². The van der Waals surface area contributed by atoms with E-state index in [-0.39, 0.29) is 23.5 Å². The zero-order chi connectivity index (χ0) is 21.8. The van der Waals surface area contributed by atoms with Crippen LogP contribution in [-0.2, 0) is 6.54 Å². The number of anilines is 1. The van der Waals surface area contributed by atoms with Crippen LogP contribution in [0.15, 0.2) is 39.3 Å². The Labute approximate surface area is 193 Å². The number of carbonyl (C=O) groups excluding carboxylic acids is 1. The van der Waals surface area contributed by atoms with Gasteiger partial charge in [-0.3, -0.25) is 9.69 Å². The highest BCUT2D eigenvalue weighted by Crippen LogP contribution is 2.34. The van der Waals surface area contributed by atoms with E-state index in [1.165, 1.54) is 19.2 Å². The van der Waals surface area contributed by atoms with Crippen LogP contribution < -0.4 is 10.1 Å². The average Bonchev–Trinajstić information content (AvgIpc) is 2.70. The van der Waals surface area contributed by atoms with Crippen molar-refractivity contribution in [1.82, 2.24) is 4.90 Å². The second kappa shape index (κ2) is 10.1. The van der Waals surface area contributed by atoms with Crippen molar-refractivity contribution in [3.05, 3.63) is 50.4 Å². The fraction of sp³-hybridized carbons (Fsp3) is 0.409. The van der Waals surface area contributed by atoms with Gasteiger partial charge in [-0.1, -0.05) is 15.9 Å². The van der Waals surface area contributed by atoms with Crippen LogP contribution in [0.4, 0.5) is 5.69 Å². The number of carbonyl (C=O) groups is 1. The van der Waals surface area contributed by atoms with Crippen LogP contribution in [-0.4, -0.2) is 47.3 Å². The van der Waals surface area contributed by atoms with E-state index in [0.717, 1.165) is 40.2 Å². The number of benzene rings is 2. The zero-order valence-electron chi connectivity index (χ0n) is 17.0. The number of hydrogen-bond donors (Lipinski definition) is 3. The lowest BCUT2D eigenvalue weighted by Crippen LogP contribution is -2.37. The first-order valence-corrected chi connectivity index (χ1v) is 11.4. The highest BCUT2D eigenvalue weighted by Gasteiger charge is 2.25. The van der Waals surface area contributed by atoms with Gasteiger partial charge in [0.1, 0.15) is 0 Å². The second-order valence-corrected chi connectivity index (χ2v) is 9.42. The third-order valence-electron chi connectivity index (χ3n) is 5.48. The first kappa shape index (κ1) is 23.1. The first-order chi connectivity index (χ1) is 14.3. The van der Waals surface area contributed by atoms with Gasteiger partial charge in [0.15, 0.2) is 11.5 Å². The molecule has 0 aromatic heterocycles. The van der Waals surface area contributed by atoms with Crippen LogP contribution in [0, 0.1) is 0 Å². The number of phenolic OH excluding ortho intramolecular Hbond substituents is 1. The second-order valence-electron chi connectivity index (χ2n) is 7.65. The number of nitrogens with zero attached hydrogens (tertiary/aromatic N) is 1. The lowest BCUT2D eigenvalue weighted by Gasteiger charge is -2.34. The van der Waals surface area contributed by atoms with Crippen LogP contribution in [0.2, 0.25) is 0 Å². The lowest BCUT2D eigenvalue weighted by molar-refractivity contribution is 0.0701. The fourth-order valence-electron chi connectivity index (χ4n) is 3.83. The number of ether oxygens (including phenoxy) is 1. The van der Waals surface area contributed by atoms with Gasteiger partial charge in [0, 0.05) is 27.1 Å². The van der Waals surface area contributed by atoms with Gasteiger partial charge in [0.25, 0.3) is 5.91 Å². The quantitative estimate of drug-likeness (QED) is 0.484. The lowest BCUT2D eigenvalue weighted by atomic mass is 9.92. The van der Waals surface area contributed by atoms with Gasteiger partial charge in [-0.2, -0.15) is 0 Å². The molecule has 0 saturated heterocycles. The Morgan fingerprint density at radius 3 is 2.73 bits per heavy atom. The molecule has 0 radical (unpaired) electrons. The molecule has 1 aliphatic carbocycles. The number of nitrogens with one attached hydrogen (secondary N) is 1. The Morgan fingerprint density at radius 1 is 1.27 bits per heavy atom. The van der Waals surface area contributed by atoms with Crippen molar-refractivity contribution < 1.29 is 19.7 Å². The molecule has 2 atom stereocenters. The number of rotatable bonds is 6. The van der Waals surface area contributed by atoms with Crippen LogP contribution in [0.25, 0.3) is 0 Å². The maximum atomic E-state index is 12.9. The first-order valence-electron chi connectivity index (χ1n) is 9.83. The predicted molar refractivity (Wildman–Crippen MR) is 124 cm³/mol. The van der Waals surface area contributed by atoms with Crippen molar-refractivity contribution in [2.75, 3.05) is 19.5 Å². The molecule has 8 heteroatoms. The van der Waals surface area contributed by atoms with Gasteiger partial charge < -0.3 is 20.3 Å². The maximum Gasteiger partial charge on any atom is 0.255 e.